The Morgan fingerprint density at radius 3 is 2.62 bits per heavy atom. The number of likely N-dealkylation sites (tertiary alicyclic amines) is 1. The monoisotopic (exact) mass is 325 g/mol. The van der Waals surface area contributed by atoms with E-state index in [9.17, 15) is 4.79 Å². The van der Waals surface area contributed by atoms with Crippen molar-refractivity contribution >= 4 is 5.91 Å². The van der Waals surface area contributed by atoms with Crippen LogP contribution in [-0.4, -0.2) is 42.5 Å². The summed E-state index contributed by atoms with van der Waals surface area (Å²) in [5.41, 5.74) is 1.05. The van der Waals surface area contributed by atoms with Gasteiger partial charge >= 0.3 is 0 Å². The second-order valence-corrected chi connectivity index (χ2v) is 6.00. The van der Waals surface area contributed by atoms with Gasteiger partial charge in [0.1, 0.15) is 5.75 Å². The van der Waals surface area contributed by atoms with E-state index in [4.69, 9.17) is 4.74 Å². The molecular formula is C19H23N3O2. The Kier molecular flexibility index (Phi) is 5.43. The lowest BCUT2D eigenvalue weighted by molar-refractivity contribution is -0.131. The number of ether oxygens (including phenoxy) is 1. The number of para-hydroxylation sites is 1. The first-order valence-corrected chi connectivity index (χ1v) is 8.38. The molecule has 0 unspecified atom stereocenters. The highest BCUT2D eigenvalue weighted by Gasteiger charge is 2.24. The first-order chi connectivity index (χ1) is 11.8. The van der Waals surface area contributed by atoms with Crippen molar-refractivity contribution in [2.45, 2.75) is 18.8 Å². The number of benzene rings is 1. The van der Waals surface area contributed by atoms with E-state index in [2.05, 4.69) is 10.3 Å². The number of hydrogen-bond donors (Lipinski definition) is 1. The standard InChI is InChI=1S/C19H23N3O2/c1-20-14-19(23)22-12-10-15(11-13-22)17-8-5-9-18(21-17)24-16-6-3-2-4-7-16/h2-9,15,20H,10-14H2,1H3. The molecule has 1 aliphatic heterocycles. The molecule has 0 atom stereocenters. The van der Waals surface area contributed by atoms with E-state index in [-0.39, 0.29) is 5.91 Å². The maximum absolute atomic E-state index is 11.9. The summed E-state index contributed by atoms with van der Waals surface area (Å²) in [6.07, 6.45) is 1.88. The Balaban J connectivity index is 1.62. The van der Waals surface area contributed by atoms with Crippen molar-refractivity contribution in [3.05, 3.63) is 54.2 Å². The van der Waals surface area contributed by atoms with Crippen LogP contribution in [-0.2, 0) is 4.79 Å². The predicted molar refractivity (Wildman–Crippen MR) is 93.2 cm³/mol. The summed E-state index contributed by atoms with van der Waals surface area (Å²) in [5.74, 6) is 1.95. The van der Waals surface area contributed by atoms with Gasteiger partial charge in [-0.1, -0.05) is 24.3 Å². The largest absolute Gasteiger partial charge is 0.439 e. The topological polar surface area (TPSA) is 54.5 Å². The molecule has 1 aromatic heterocycles. The van der Waals surface area contributed by atoms with Gasteiger partial charge in [-0.05, 0) is 38.1 Å². The third-order valence-corrected chi connectivity index (χ3v) is 4.30. The van der Waals surface area contributed by atoms with Gasteiger partial charge < -0.3 is 15.0 Å². The molecule has 0 spiro atoms. The van der Waals surface area contributed by atoms with Crippen LogP contribution in [0.4, 0.5) is 0 Å². The van der Waals surface area contributed by atoms with Crippen LogP contribution >= 0.6 is 0 Å². The van der Waals surface area contributed by atoms with Gasteiger partial charge in [0, 0.05) is 30.8 Å². The second kappa shape index (κ2) is 7.93. The number of nitrogens with zero attached hydrogens (tertiary/aromatic N) is 2. The summed E-state index contributed by atoms with van der Waals surface area (Å²) in [7, 11) is 1.80. The molecule has 1 aliphatic rings. The summed E-state index contributed by atoms with van der Waals surface area (Å²) in [6.45, 7) is 1.98. The maximum atomic E-state index is 11.9. The van der Waals surface area contributed by atoms with E-state index in [0.717, 1.165) is 37.4 Å². The zero-order valence-corrected chi connectivity index (χ0v) is 13.9. The number of pyridine rings is 1. The van der Waals surface area contributed by atoms with Crippen molar-refractivity contribution in [2.24, 2.45) is 0 Å². The highest BCUT2D eigenvalue weighted by molar-refractivity contribution is 5.78. The van der Waals surface area contributed by atoms with Gasteiger partial charge in [0.15, 0.2) is 0 Å². The predicted octanol–water partition coefficient (Wildman–Crippen LogP) is 2.80. The van der Waals surface area contributed by atoms with Gasteiger partial charge in [-0.3, -0.25) is 4.79 Å². The van der Waals surface area contributed by atoms with Crippen LogP contribution < -0.4 is 10.1 Å². The molecule has 3 rings (SSSR count). The van der Waals surface area contributed by atoms with Crippen molar-refractivity contribution in [1.82, 2.24) is 15.2 Å². The van der Waals surface area contributed by atoms with Crippen molar-refractivity contribution in [1.29, 1.82) is 0 Å². The van der Waals surface area contributed by atoms with Gasteiger partial charge in [0.25, 0.3) is 0 Å². The lowest BCUT2D eigenvalue weighted by Gasteiger charge is -2.31. The van der Waals surface area contributed by atoms with Crippen LogP contribution in [0.1, 0.15) is 24.5 Å². The number of carbonyl (C=O) groups excluding carboxylic acids is 1. The molecule has 1 aromatic carbocycles. The summed E-state index contributed by atoms with van der Waals surface area (Å²) >= 11 is 0. The minimum Gasteiger partial charge on any atom is -0.439 e. The van der Waals surface area contributed by atoms with Crippen molar-refractivity contribution < 1.29 is 9.53 Å². The van der Waals surface area contributed by atoms with Crippen LogP contribution in [0.2, 0.25) is 0 Å². The fourth-order valence-electron chi connectivity index (χ4n) is 3.01. The number of nitrogens with one attached hydrogen (secondary N) is 1. The molecule has 1 fully saturated rings. The van der Waals surface area contributed by atoms with E-state index in [1.807, 2.05) is 53.4 Å². The van der Waals surface area contributed by atoms with Gasteiger partial charge in [0.05, 0.1) is 6.54 Å². The SMILES string of the molecule is CNCC(=O)N1CCC(c2cccc(Oc3ccccc3)n2)CC1. The van der Waals surface area contributed by atoms with Gasteiger partial charge in [-0.25, -0.2) is 4.98 Å². The number of rotatable bonds is 5. The lowest BCUT2D eigenvalue weighted by atomic mass is 9.93. The lowest BCUT2D eigenvalue weighted by Crippen LogP contribution is -2.42. The van der Waals surface area contributed by atoms with E-state index < -0.39 is 0 Å². The number of piperidine rings is 1. The first kappa shape index (κ1) is 16.5. The Bertz CT molecular complexity index is 667. The van der Waals surface area contributed by atoms with E-state index in [1.165, 1.54) is 0 Å². The van der Waals surface area contributed by atoms with Crippen LogP contribution in [0, 0.1) is 0 Å². The molecule has 5 heteroatoms. The summed E-state index contributed by atoms with van der Waals surface area (Å²) in [4.78, 5) is 18.5. The fourth-order valence-corrected chi connectivity index (χ4v) is 3.01. The Labute approximate surface area is 142 Å². The molecule has 0 radical (unpaired) electrons. The number of aromatic nitrogens is 1. The maximum Gasteiger partial charge on any atom is 0.236 e. The molecule has 0 saturated carbocycles. The molecule has 1 amide bonds. The number of carbonyl (C=O) groups is 1. The third kappa shape index (κ3) is 4.11. The molecule has 2 heterocycles. The van der Waals surface area contributed by atoms with Crippen LogP contribution in [0.3, 0.4) is 0 Å². The fraction of sp³-hybridized carbons (Fsp3) is 0.368. The molecular weight excluding hydrogens is 302 g/mol. The molecule has 2 aromatic rings. The minimum absolute atomic E-state index is 0.171. The Morgan fingerprint density at radius 1 is 1.17 bits per heavy atom. The van der Waals surface area contributed by atoms with E-state index in [1.54, 1.807) is 7.05 Å². The van der Waals surface area contributed by atoms with Gasteiger partial charge in [0.2, 0.25) is 11.8 Å². The number of likely N-dealkylation sites (N-methyl/N-ethyl adjacent to an activating group) is 1. The average molecular weight is 325 g/mol. The molecule has 1 saturated heterocycles. The molecule has 24 heavy (non-hydrogen) atoms. The summed E-state index contributed by atoms with van der Waals surface area (Å²) in [5, 5.41) is 2.92. The van der Waals surface area contributed by atoms with Crippen LogP contribution in [0.15, 0.2) is 48.5 Å². The van der Waals surface area contributed by atoms with Gasteiger partial charge in [-0.2, -0.15) is 0 Å². The van der Waals surface area contributed by atoms with Crippen molar-refractivity contribution in [2.75, 3.05) is 26.7 Å². The van der Waals surface area contributed by atoms with Crippen molar-refractivity contribution in [3.8, 4) is 11.6 Å². The molecule has 1 N–H and O–H groups in total. The average Bonchev–Trinajstić information content (AvgIpc) is 2.63. The van der Waals surface area contributed by atoms with Crippen LogP contribution in [0.5, 0.6) is 11.6 Å². The van der Waals surface area contributed by atoms with E-state index in [0.29, 0.717) is 18.3 Å². The zero-order chi connectivity index (χ0) is 16.8. The number of amides is 1. The van der Waals surface area contributed by atoms with Gasteiger partial charge in [-0.15, -0.1) is 0 Å². The molecule has 0 aliphatic carbocycles. The highest BCUT2D eigenvalue weighted by atomic mass is 16.5. The second-order valence-electron chi connectivity index (χ2n) is 6.00. The first-order valence-electron chi connectivity index (χ1n) is 8.38. The van der Waals surface area contributed by atoms with Crippen molar-refractivity contribution in [3.63, 3.8) is 0 Å². The highest BCUT2D eigenvalue weighted by Crippen LogP contribution is 2.28. The quantitative estimate of drug-likeness (QED) is 0.918. The smallest absolute Gasteiger partial charge is 0.236 e. The molecule has 126 valence electrons. The Morgan fingerprint density at radius 2 is 1.92 bits per heavy atom. The minimum atomic E-state index is 0.171. The van der Waals surface area contributed by atoms with Crippen LogP contribution in [0.25, 0.3) is 0 Å². The molecule has 5 nitrogen and oxygen atoms in total. The normalized spacial score (nSPS) is 15.3. The third-order valence-electron chi connectivity index (χ3n) is 4.30. The van der Waals surface area contributed by atoms with E-state index >= 15 is 0 Å². The molecule has 0 bridgehead atoms. The summed E-state index contributed by atoms with van der Waals surface area (Å²) < 4.78 is 5.82. The Hall–Kier alpha value is -2.40. The number of hydrogen-bond acceptors (Lipinski definition) is 4. The summed E-state index contributed by atoms with van der Waals surface area (Å²) in [6, 6.07) is 15.6. The zero-order valence-electron chi connectivity index (χ0n) is 13.9.